The molecule has 0 unspecified atom stereocenters. The zero-order valence-corrected chi connectivity index (χ0v) is 16.6. The highest BCUT2D eigenvalue weighted by Gasteiger charge is 2.13. The molecule has 0 atom stereocenters. The quantitative estimate of drug-likeness (QED) is 0.350. The molecule has 2 aromatic carbocycles. The second-order valence-corrected chi connectivity index (χ2v) is 7.63. The molecule has 0 radical (unpaired) electrons. The first-order chi connectivity index (χ1) is 13.6. The van der Waals surface area contributed by atoms with Crippen molar-refractivity contribution in [2.45, 2.75) is 6.92 Å². The van der Waals surface area contributed by atoms with Crippen LogP contribution >= 0.6 is 22.9 Å². The number of amides is 1. The third-order valence-corrected chi connectivity index (χ3v) is 5.56. The van der Waals surface area contributed by atoms with E-state index in [-0.39, 0.29) is 5.91 Å². The number of pyridine rings is 1. The summed E-state index contributed by atoms with van der Waals surface area (Å²) in [7, 11) is 0. The normalized spacial score (nSPS) is 11.2. The van der Waals surface area contributed by atoms with Gasteiger partial charge in [0.15, 0.2) is 0 Å². The number of rotatable bonds is 4. The Balaban J connectivity index is 1.70. The summed E-state index contributed by atoms with van der Waals surface area (Å²) >= 11 is 7.57. The fourth-order valence-electron chi connectivity index (χ4n) is 2.86. The van der Waals surface area contributed by atoms with Crippen LogP contribution in [0, 0.1) is 6.92 Å². The first-order valence-electron chi connectivity index (χ1n) is 8.65. The summed E-state index contributed by atoms with van der Waals surface area (Å²) in [5, 5.41) is 7.54. The molecular formula is C22H16ClN3OS. The maximum Gasteiger partial charge on any atom is 0.272 e. The minimum absolute atomic E-state index is 0.278. The van der Waals surface area contributed by atoms with Crippen molar-refractivity contribution in [1.29, 1.82) is 0 Å². The third kappa shape index (κ3) is 3.81. The number of hydrazone groups is 1. The Hall–Kier alpha value is -3.02. The van der Waals surface area contributed by atoms with Gasteiger partial charge in [-0.3, -0.25) is 4.79 Å². The highest BCUT2D eigenvalue weighted by molar-refractivity contribution is 7.11. The lowest BCUT2D eigenvalue weighted by molar-refractivity contribution is 0.0956. The summed E-state index contributed by atoms with van der Waals surface area (Å²) in [5.41, 5.74) is 6.63. The Bertz CT molecular complexity index is 1180. The number of benzene rings is 2. The van der Waals surface area contributed by atoms with E-state index in [4.69, 9.17) is 16.6 Å². The molecule has 4 rings (SSSR count). The van der Waals surface area contributed by atoms with Gasteiger partial charge in [-0.1, -0.05) is 41.9 Å². The molecule has 0 aliphatic heterocycles. The Morgan fingerprint density at radius 2 is 1.93 bits per heavy atom. The molecule has 0 fully saturated rings. The van der Waals surface area contributed by atoms with E-state index in [1.165, 1.54) is 0 Å². The van der Waals surface area contributed by atoms with Crippen LogP contribution < -0.4 is 5.43 Å². The second kappa shape index (κ2) is 7.92. The standard InChI is InChI=1S/C22H16ClN3OS/c1-14-10-11-28-21(14)13-24-26-22(27)18-12-20(15-6-8-16(23)9-7-15)25-19-5-3-2-4-17(18)19/h2-13H,1H3,(H,26,27)/b24-13+. The van der Waals surface area contributed by atoms with Gasteiger partial charge in [0.1, 0.15) is 0 Å². The molecule has 28 heavy (non-hydrogen) atoms. The Morgan fingerprint density at radius 1 is 1.14 bits per heavy atom. The van der Waals surface area contributed by atoms with Gasteiger partial charge < -0.3 is 0 Å². The van der Waals surface area contributed by atoms with E-state index in [1.54, 1.807) is 35.8 Å². The number of fused-ring (bicyclic) bond motifs is 1. The van der Waals surface area contributed by atoms with Crippen LogP contribution in [0.25, 0.3) is 22.2 Å². The van der Waals surface area contributed by atoms with Gasteiger partial charge in [0.25, 0.3) is 5.91 Å². The molecule has 2 aromatic heterocycles. The van der Waals surface area contributed by atoms with Crippen LogP contribution in [0.15, 0.2) is 71.1 Å². The lowest BCUT2D eigenvalue weighted by atomic mass is 10.0. The molecule has 2 heterocycles. The number of aryl methyl sites for hydroxylation is 1. The first kappa shape index (κ1) is 18.3. The average molecular weight is 406 g/mol. The van der Waals surface area contributed by atoms with Crippen LogP contribution in [0.5, 0.6) is 0 Å². The van der Waals surface area contributed by atoms with Gasteiger partial charge in [-0.15, -0.1) is 11.3 Å². The van der Waals surface area contributed by atoms with Crippen molar-refractivity contribution in [2.24, 2.45) is 5.10 Å². The molecule has 0 bridgehead atoms. The van der Waals surface area contributed by atoms with E-state index in [1.807, 2.05) is 54.8 Å². The molecule has 0 aliphatic rings. The first-order valence-corrected chi connectivity index (χ1v) is 9.91. The monoisotopic (exact) mass is 405 g/mol. The van der Waals surface area contributed by atoms with E-state index in [0.717, 1.165) is 26.9 Å². The fraction of sp³-hybridized carbons (Fsp3) is 0.0455. The molecule has 138 valence electrons. The lowest BCUT2D eigenvalue weighted by Gasteiger charge is -2.09. The lowest BCUT2D eigenvalue weighted by Crippen LogP contribution is -2.18. The highest BCUT2D eigenvalue weighted by Crippen LogP contribution is 2.26. The van der Waals surface area contributed by atoms with Gasteiger partial charge >= 0.3 is 0 Å². The number of thiophene rings is 1. The molecule has 6 heteroatoms. The summed E-state index contributed by atoms with van der Waals surface area (Å²) in [5.74, 6) is -0.278. The van der Waals surface area contributed by atoms with Crippen LogP contribution in [0.1, 0.15) is 20.8 Å². The van der Waals surface area contributed by atoms with Crippen molar-refractivity contribution in [3.8, 4) is 11.3 Å². The molecule has 4 nitrogen and oxygen atoms in total. The number of nitrogens with zero attached hydrogens (tertiary/aromatic N) is 2. The maximum atomic E-state index is 12.8. The molecule has 4 aromatic rings. The van der Waals surface area contributed by atoms with Crippen molar-refractivity contribution in [3.63, 3.8) is 0 Å². The summed E-state index contributed by atoms with van der Waals surface area (Å²) in [6, 6.07) is 18.8. The number of hydrogen-bond acceptors (Lipinski definition) is 4. The predicted molar refractivity (Wildman–Crippen MR) is 116 cm³/mol. The molecule has 0 saturated heterocycles. The maximum absolute atomic E-state index is 12.8. The number of aromatic nitrogens is 1. The van der Waals surface area contributed by atoms with Crippen molar-refractivity contribution >= 4 is 46.0 Å². The molecule has 1 N–H and O–H groups in total. The van der Waals surface area contributed by atoms with Crippen LogP contribution in [0.3, 0.4) is 0 Å². The Morgan fingerprint density at radius 3 is 2.68 bits per heavy atom. The van der Waals surface area contributed by atoms with Gasteiger partial charge in [0, 0.05) is 20.8 Å². The fourth-order valence-corrected chi connectivity index (χ4v) is 3.77. The molecule has 0 spiro atoms. The number of carbonyl (C=O) groups excluding carboxylic acids is 1. The highest BCUT2D eigenvalue weighted by atomic mass is 35.5. The molecule has 0 saturated carbocycles. The summed E-state index contributed by atoms with van der Waals surface area (Å²) in [4.78, 5) is 18.5. The SMILES string of the molecule is Cc1ccsc1/C=N/NC(=O)c1cc(-c2ccc(Cl)cc2)nc2ccccc12. The van der Waals surface area contributed by atoms with E-state index in [2.05, 4.69) is 10.5 Å². The minimum atomic E-state index is -0.278. The van der Waals surface area contributed by atoms with E-state index in [9.17, 15) is 4.79 Å². The Labute approximate surface area is 171 Å². The number of hydrogen-bond donors (Lipinski definition) is 1. The minimum Gasteiger partial charge on any atom is -0.267 e. The van der Waals surface area contributed by atoms with E-state index < -0.39 is 0 Å². The number of nitrogens with one attached hydrogen (secondary N) is 1. The number of carbonyl (C=O) groups is 1. The summed E-state index contributed by atoms with van der Waals surface area (Å²) < 4.78 is 0. The zero-order chi connectivity index (χ0) is 19.5. The van der Waals surface area contributed by atoms with Gasteiger partial charge in [-0.05, 0) is 48.2 Å². The van der Waals surface area contributed by atoms with E-state index in [0.29, 0.717) is 16.3 Å². The van der Waals surface area contributed by atoms with Gasteiger partial charge in [0.05, 0.1) is 23.0 Å². The van der Waals surface area contributed by atoms with Gasteiger partial charge in [0.2, 0.25) is 0 Å². The molecular weight excluding hydrogens is 390 g/mol. The predicted octanol–water partition coefficient (Wildman–Crippen LogP) is 5.69. The zero-order valence-electron chi connectivity index (χ0n) is 15.0. The van der Waals surface area contributed by atoms with Crippen molar-refractivity contribution in [1.82, 2.24) is 10.4 Å². The van der Waals surface area contributed by atoms with Crippen LogP contribution in [0.2, 0.25) is 5.02 Å². The Kier molecular flexibility index (Phi) is 5.19. The molecule has 0 aliphatic carbocycles. The summed E-state index contributed by atoms with van der Waals surface area (Å²) in [6.45, 7) is 2.01. The van der Waals surface area contributed by atoms with Crippen molar-refractivity contribution in [3.05, 3.63) is 87.1 Å². The van der Waals surface area contributed by atoms with Crippen LogP contribution in [-0.2, 0) is 0 Å². The average Bonchev–Trinajstić information content (AvgIpc) is 3.12. The number of para-hydroxylation sites is 1. The van der Waals surface area contributed by atoms with Gasteiger partial charge in [-0.25, -0.2) is 10.4 Å². The van der Waals surface area contributed by atoms with Crippen LogP contribution in [0.4, 0.5) is 0 Å². The van der Waals surface area contributed by atoms with Gasteiger partial charge in [-0.2, -0.15) is 5.10 Å². The second-order valence-electron chi connectivity index (χ2n) is 6.25. The molecule has 1 amide bonds. The third-order valence-electron chi connectivity index (χ3n) is 4.35. The topological polar surface area (TPSA) is 54.4 Å². The summed E-state index contributed by atoms with van der Waals surface area (Å²) in [6.07, 6.45) is 1.67. The number of halogens is 1. The van der Waals surface area contributed by atoms with Crippen molar-refractivity contribution in [2.75, 3.05) is 0 Å². The smallest absolute Gasteiger partial charge is 0.267 e. The largest absolute Gasteiger partial charge is 0.272 e. The van der Waals surface area contributed by atoms with E-state index >= 15 is 0 Å². The van der Waals surface area contributed by atoms with Crippen LogP contribution in [-0.4, -0.2) is 17.1 Å². The van der Waals surface area contributed by atoms with Crippen molar-refractivity contribution < 1.29 is 4.79 Å².